The van der Waals surface area contributed by atoms with E-state index in [2.05, 4.69) is 25.2 Å². The lowest BCUT2D eigenvalue weighted by atomic mass is 9.88. The molecule has 0 saturated carbocycles. The van der Waals surface area contributed by atoms with Crippen molar-refractivity contribution in [3.05, 3.63) is 16.8 Å². The predicted molar refractivity (Wildman–Crippen MR) is 86.2 cm³/mol. The normalized spacial score (nSPS) is 27.6. The van der Waals surface area contributed by atoms with E-state index in [0.717, 1.165) is 42.3 Å². The zero-order chi connectivity index (χ0) is 14.4. The average molecular weight is 303 g/mol. The summed E-state index contributed by atoms with van der Waals surface area (Å²) >= 11 is 1.80. The third-order valence-corrected chi connectivity index (χ3v) is 5.76. The molecule has 1 N–H and O–H groups in total. The van der Waals surface area contributed by atoms with Crippen molar-refractivity contribution < 1.29 is 4.74 Å². The van der Waals surface area contributed by atoms with Gasteiger partial charge in [0, 0.05) is 17.3 Å². The van der Waals surface area contributed by atoms with Gasteiger partial charge in [0.2, 0.25) is 0 Å². The first kappa shape index (κ1) is 13.5. The quantitative estimate of drug-likeness (QED) is 0.935. The van der Waals surface area contributed by atoms with Gasteiger partial charge in [-0.1, -0.05) is 6.92 Å². The highest BCUT2D eigenvalue weighted by Crippen LogP contribution is 2.44. The molecule has 4 heterocycles. The van der Waals surface area contributed by atoms with Crippen LogP contribution in [0, 0.1) is 0 Å². The number of anilines is 1. The Hall–Kier alpha value is -1.20. The monoisotopic (exact) mass is 303 g/mol. The Morgan fingerprint density at radius 3 is 2.90 bits per heavy atom. The lowest BCUT2D eigenvalue weighted by Crippen LogP contribution is -2.17. The van der Waals surface area contributed by atoms with Gasteiger partial charge in [-0.15, -0.1) is 11.3 Å². The summed E-state index contributed by atoms with van der Waals surface area (Å²) in [6.45, 7) is 5.19. The lowest BCUT2D eigenvalue weighted by Gasteiger charge is -2.18. The molecule has 4 rings (SSSR count). The minimum absolute atomic E-state index is 0.340. The molecule has 2 aliphatic rings. The second kappa shape index (κ2) is 5.21. The number of nitrogens with zero attached hydrogens (tertiary/aromatic N) is 2. The third kappa shape index (κ3) is 2.23. The fourth-order valence-electron chi connectivity index (χ4n) is 3.54. The van der Waals surface area contributed by atoms with E-state index >= 15 is 0 Å². The van der Waals surface area contributed by atoms with Crippen molar-refractivity contribution in [2.45, 2.75) is 57.7 Å². The lowest BCUT2D eigenvalue weighted by molar-refractivity contribution is 0.0999. The molecule has 3 atom stereocenters. The van der Waals surface area contributed by atoms with Crippen molar-refractivity contribution >= 4 is 27.4 Å². The Bertz CT molecular complexity index is 669. The first-order chi connectivity index (χ1) is 10.3. The molecule has 3 unspecified atom stereocenters. The highest BCUT2D eigenvalue weighted by atomic mass is 32.1. The fourth-order valence-corrected chi connectivity index (χ4v) is 4.51. The summed E-state index contributed by atoms with van der Waals surface area (Å²) in [5, 5.41) is 4.58. The van der Waals surface area contributed by atoms with Crippen LogP contribution in [0.15, 0.2) is 6.07 Å². The number of ether oxygens (including phenoxy) is 1. The minimum Gasteiger partial charge on any atom is -0.374 e. The first-order valence-corrected chi connectivity index (χ1v) is 8.79. The molecule has 2 aromatic heterocycles. The molecule has 0 aromatic carbocycles. The SMILES string of the molecule is CCNc1nc(C2CC3CCC2O3)nc2sc(CC)cc12. The number of hydrogen-bond donors (Lipinski definition) is 1. The third-order valence-electron chi connectivity index (χ3n) is 4.59. The number of rotatable bonds is 4. The maximum absolute atomic E-state index is 5.98. The van der Waals surface area contributed by atoms with Crippen molar-refractivity contribution in [2.24, 2.45) is 0 Å². The fraction of sp³-hybridized carbons (Fsp3) is 0.625. The molecular formula is C16H21N3OS. The van der Waals surface area contributed by atoms with Crippen molar-refractivity contribution in [3.8, 4) is 0 Å². The Labute approximate surface area is 128 Å². The number of aromatic nitrogens is 2. The molecule has 112 valence electrons. The van der Waals surface area contributed by atoms with Gasteiger partial charge >= 0.3 is 0 Å². The minimum atomic E-state index is 0.340. The van der Waals surface area contributed by atoms with Crippen LogP contribution >= 0.6 is 11.3 Å². The van der Waals surface area contributed by atoms with Gasteiger partial charge in [-0.2, -0.15) is 0 Å². The van der Waals surface area contributed by atoms with Crippen LogP contribution in [0.3, 0.4) is 0 Å². The Morgan fingerprint density at radius 1 is 1.33 bits per heavy atom. The van der Waals surface area contributed by atoms with E-state index in [0.29, 0.717) is 18.1 Å². The molecular weight excluding hydrogens is 282 g/mol. The molecule has 4 nitrogen and oxygen atoms in total. The molecule has 2 aliphatic heterocycles. The van der Waals surface area contributed by atoms with E-state index in [1.807, 2.05) is 0 Å². The van der Waals surface area contributed by atoms with Gasteiger partial charge in [0.15, 0.2) is 0 Å². The summed E-state index contributed by atoms with van der Waals surface area (Å²) in [6.07, 6.45) is 5.30. The van der Waals surface area contributed by atoms with Gasteiger partial charge in [-0.25, -0.2) is 9.97 Å². The van der Waals surface area contributed by atoms with Crippen LogP contribution in [0.4, 0.5) is 5.82 Å². The topological polar surface area (TPSA) is 47.0 Å². The van der Waals surface area contributed by atoms with Gasteiger partial charge in [-0.05, 0) is 38.7 Å². The van der Waals surface area contributed by atoms with Gasteiger partial charge < -0.3 is 10.1 Å². The number of nitrogens with one attached hydrogen (secondary N) is 1. The smallest absolute Gasteiger partial charge is 0.138 e. The van der Waals surface area contributed by atoms with Crippen LogP contribution in [0.1, 0.15) is 49.7 Å². The van der Waals surface area contributed by atoms with Crippen LogP contribution in [-0.2, 0) is 11.2 Å². The van der Waals surface area contributed by atoms with E-state index in [9.17, 15) is 0 Å². The second-order valence-corrected chi connectivity index (χ2v) is 7.08. The van der Waals surface area contributed by atoms with Crippen LogP contribution in [0.2, 0.25) is 0 Å². The predicted octanol–water partition coefficient (Wildman–Crippen LogP) is 3.72. The highest BCUT2D eigenvalue weighted by Gasteiger charge is 2.43. The maximum atomic E-state index is 5.98. The highest BCUT2D eigenvalue weighted by molar-refractivity contribution is 7.18. The molecule has 0 spiro atoms. The molecule has 0 radical (unpaired) electrons. The number of fused-ring (bicyclic) bond motifs is 3. The molecule has 2 bridgehead atoms. The van der Waals surface area contributed by atoms with Crippen LogP contribution in [-0.4, -0.2) is 28.7 Å². The molecule has 21 heavy (non-hydrogen) atoms. The van der Waals surface area contributed by atoms with Gasteiger partial charge in [0.05, 0.1) is 17.6 Å². The maximum Gasteiger partial charge on any atom is 0.138 e. The number of thiophene rings is 1. The van der Waals surface area contributed by atoms with Crippen LogP contribution in [0.25, 0.3) is 10.2 Å². The van der Waals surface area contributed by atoms with Crippen molar-refractivity contribution in [3.63, 3.8) is 0 Å². The summed E-state index contributed by atoms with van der Waals surface area (Å²) in [6, 6.07) is 2.24. The summed E-state index contributed by atoms with van der Waals surface area (Å²) in [4.78, 5) is 12.2. The molecule has 2 fully saturated rings. The molecule has 5 heteroatoms. The first-order valence-electron chi connectivity index (χ1n) is 7.98. The summed E-state index contributed by atoms with van der Waals surface area (Å²) in [5.74, 6) is 2.36. The van der Waals surface area contributed by atoms with Gasteiger partial charge in [-0.3, -0.25) is 0 Å². The van der Waals surface area contributed by atoms with Gasteiger partial charge in [0.25, 0.3) is 0 Å². The Balaban J connectivity index is 1.78. The Morgan fingerprint density at radius 2 is 2.24 bits per heavy atom. The van der Waals surface area contributed by atoms with Crippen LogP contribution < -0.4 is 5.32 Å². The van der Waals surface area contributed by atoms with E-state index in [1.165, 1.54) is 16.7 Å². The van der Waals surface area contributed by atoms with E-state index < -0.39 is 0 Å². The van der Waals surface area contributed by atoms with Crippen molar-refractivity contribution in [1.82, 2.24) is 9.97 Å². The number of aryl methyl sites for hydroxylation is 1. The summed E-state index contributed by atoms with van der Waals surface area (Å²) in [7, 11) is 0. The van der Waals surface area contributed by atoms with Crippen molar-refractivity contribution in [1.29, 1.82) is 0 Å². The largest absolute Gasteiger partial charge is 0.374 e. The standard InChI is InChI=1S/C16H21N3OS/c1-3-10-8-12-14(17-4-2)18-15(19-16(12)21-10)11-7-9-5-6-13(11)20-9/h8-9,11,13H,3-7H2,1-2H3,(H,17,18,19). The second-order valence-electron chi connectivity index (χ2n) is 5.96. The Kier molecular flexibility index (Phi) is 3.34. The molecule has 0 amide bonds. The summed E-state index contributed by atoms with van der Waals surface area (Å²) < 4.78 is 5.98. The molecule has 2 saturated heterocycles. The zero-order valence-electron chi connectivity index (χ0n) is 12.6. The molecule has 0 aliphatic carbocycles. The van der Waals surface area contributed by atoms with E-state index in [-0.39, 0.29) is 0 Å². The van der Waals surface area contributed by atoms with E-state index in [1.54, 1.807) is 11.3 Å². The van der Waals surface area contributed by atoms with Crippen LogP contribution in [0.5, 0.6) is 0 Å². The summed E-state index contributed by atoms with van der Waals surface area (Å²) in [5.41, 5.74) is 0. The zero-order valence-corrected chi connectivity index (χ0v) is 13.4. The van der Waals surface area contributed by atoms with E-state index in [4.69, 9.17) is 14.7 Å². The van der Waals surface area contributed by atoms with Gasteiger partial charge in [0.1, 0.15) is 16.5 Å². The van der Waals surface area contributed by atoms with Crippen molar-refractivity contribution in [2.75, 3.05) is 11.9 Å². The molecule has 2 aromatic rings. The number of hydrogen-bond acceptors (Lipinski definition) is 5. The average Bonchev–Trinajstić information content (AvgIpc) is 3.21.